The Labute approximate surface area is 348 Å². The summed E-state index contributed by atoms with van der Waals surface area (Å²) in [5.74, 6) is 2.50. The van der Waals surface area contributed by atoms with Gasteiger partial charge in [0.15, 0.2) is 0 Å². The zero-order valence-corrected chi connectivity index (χ0v) is 37.3. The third-order valence-corrected chi connectivity index (χ3v) is 10.8. The van der Waals surface area contributed by atoms with Crippen LogP contribution in [-0.2, 0) is 33.9 Å². The van der Waals surface area contributed by atoms with E-state index in [-0.39, 0.29) is 31.9 Å². The van der Waals surface area contributed by atoms with Crippen molar-refractivity contribution in [1.29, 1.82) is 0 Å². The molecule has 0 N–H and O–H groups in total. The van der Waals surface area contributed by atoms with Crippen molar-refractivity contribution in [2.45, 2.75) is 108 Å². The van der Waals surface area contributed by atoms with Crippen molar-refractivity contribution in [1.82, 2.24) is 19.3 Å². The Kier molecular flexibility index (Phi) is 11.9. The number of aryl methyl sites for hydroxylation is 3. The first-order valence-corrected chi connectivity index (χ1v) is 19.9. The minimum Gasteiger partial charge on any atom is -0.509 e. The normalized spacial score (nSPS) is 12.1. The molecule has 6 heteroatoms. The summed E-state index contributed by atoms with van der Waals surface area (Å²) in [5.41, 5.74) is 13.7. The number of benzene rings is 4. The second-order valence-corrected chi connectivity index (χ2v) is 18.2. The Morgan fingerprint density at radius 3 is 2.09 bits per heavy atom. The molecule has 0 radical (unpaired) electrons. The Balaban J connectivity index is 0.00000532. The summed E-state index contributed by atoms with van der Waals surface area (Å²) in [7, 11) is 0. The fourth-order valence-electron chi connectivity index (χ4n) is 7.70. The fraction of sp³-hybridized carbons (Fsp3) is 0.360. The molecular formula is C50H56N4OPt. The van der Waals surface area contributed by atoms with Gasteiger partial charge in [-0.15, -0.1) is 35.7 Å². The summed E-state index contributed by atoms with van der Waals surface area (Å²) < 4.78 is 10.7. The molecule has 0 unspecified atom stereocenters. The first-order valence-electron chi connectivity index (χ1n) is 19.9. The van der Waals surface area contributed by atoms with Gasteiger partial charge in [0.05, 0.1) is 6.20 Å². The minimum atomic E-state index is 0. The fourth-order valence-corrected chi connectivity index (χ4v) is 7.70. The Bertz CT molecular complexity index is 2460. The van der Waals surface area contributed by atoms with Gasteiger partial charge >= 0.3 is 21.1 Å². The summed E-state index contributed by atoms with van der Waals surface area (Å²) >= 11 is 0. The van der Waals surface area contributed by atoms with Gasteiger partial charge < -0.3 is 9.30 Å². The molecule has 7 aromatic rings. The summed E-state index contributed by atoms with van der Waals surface area (Å²) in [6, 6.07) is 30.5. The van der Waals surface area contributed by atoms with Gasteiger partial charge in [-0.3, -0.25) is 4.68 Å². The van der Waals surface area contributed by atoms with E-state index >= 15 is 0 Å². The quantitative estimate of drug-likeness (QED) is 0.128. The molecule has 0 aliphatic rings. The average Bonchev–Trinajstić information content (AvgIpc) is 3.73. The first kappa shape index (κ1) is 41.2. The van der Waals surface area contributed by atoms with E-state index in [4.69, 9.17) is 14.8 Å². The molecule has 3 aromatic heterocycles. The maximum Gasteiger partial charge on any atom is 2.00 e. The van der Waals surface area contributed by atoms with Gasteiger partial charge in [0.1, 0.15) is 5.82 Å². The number of ether oxygens (including phenoxy) is 1. The van der Waals surface area contributed by atoms with Crippen LogP contribution in [0, 0.1) is 43.7 Å². The number of hydrogen-bond acceptors (Lipinski definition) is 3. The van der Waals surface area contributed by atoms with Crippen LogP contribution in [0.15, 0.2) is 85.3 Å². The van der Waals surface area contributed by atoms with Gasteiger partial charge in [-0.25, -0.2) is 4.98 Å². The van der Waals surface area contributed by atoms with Crippen molar-refractivity contribution in [2.24, 2.45) is 10.8 Å². The molecule has 7 rings (SSSR count). The molecule has 0 atom stereocenters. The monoisotopic (exact) mass is 923 g/mol. The van der Waals surface area contributed by atoms with E-state index in [1.807, 2.05) is 29.2 Å². The minimum absolute atomic E-state index is 0. The second kappa shape index (κ2) is 16.2. The summed E-state index contributed by atoms with van der Waals surface area (Å²) in [6.07, 6.45) is 10.4. The average molecular weight is 924 g/mol. The zero-order chi connectivity index (χ0) is 39.2. The molecule has 56 heavy (non-hydrogen) atoms. The molecule has 5 nitrogen and oxygen atoms in total. The predicted octanol–water partition coefficient (Wildman–Crippen LogP) is 13.4. The standard InChI is InChI=1S/C50H56N4O.Pt/c1-32(2)36-20-23-51-47(27-36)54-45-15-13-12-14-43(45)44-17-16-39(29-46(44)54)55-40-25-33(3)24-38(28-40)53-31-37(30-52-53)48-41(18-21-49(6,7)8)34(4)26-35(5)42(48)19-22-50(9,10)11;/h12-17,20,23-27,30-32H,18-19,21-22H2,1-11H3;/q-2;+2. The van der Waals surface area contributed by atoms with E-state index in [1.54, 1.807) is 0 Å². The topological polar surface area (TPSA) is 44.9 Å². The molecule has 4 aromatic carbocycles. The van der Waals surface area contributed by atoms with Crippen LogP contribution < -0.4 is 4.74 Å². The maximum absolute atomic E-state index is 6.58. The van der Waals surface area contributed by atoms with E-state index in [0.717, 1.165) is 70.1 Å². The van der Waals surface area contributed by atoms with Crippen LogP contribution in [0.1, 0.15) is 108 Å². The van der Waals surface area contributed by atoms with Crippen molar-refractivity contribution in [3.63, 3.8) is 0 Å². The van der Waals surface area contributed by atoms with Crippen LogP contribution in [0.5, 0.6) is 11.5 Å². The number of hydrogen-bond donors (Lipinski definition) is 0. The Hall–Kier alpha value is -4.47. The smallest absolute Gasteiger partial charge is 0.509 e. The number of aromatic nitrogens is 4. The van der Waals surface area contributed by atoms with Crippen LogP contribution in [0.25, 0.3) is 44.4 Å². The van der Waals surface area contributed by atoms with Crippen molar-refractivity contribution in [2.75, 3.05) is 0 Å². The van der Waals surface area contributed by atoms with Gasteiger partial charge in [0.25, 0.3) is 0 Å². The number of nitrogens with zero attached hydrogens (tertiary/aromatic N) is 4. The molecule has 0 saturated heterocycles. The molecule has 0 aliphatic heterocycles. The first-order chi connectivity index (χ1) is 26.0. The molecule has 0 amide bonds. The zero-order valence-electron chi connectivity index (χ0n) is 35.0. The second-order valence-electron chi connectivity index (χ2n) is 18.2. The maximum atomic E-state index is 6.58. The third-order valence-electron chi connectivity index (χ3n) is 10.8. The van der Waals surface area contributed by atoms with Crippen LogP contribution in [0.2, 0.25) is 0 Å². The van der Waals surface area contributed by atoms with Crippen LogP contribution in [0.3, 0.4) is 0 Å². The van der Waals surface area contributed by atoms with Gasteiger partial charge in [0, 0.05) is 35.0 Å². The van der Waals surface area contributed by atoms with Crippen LogP contribution in [0.4, 0.5) is 0 Å². The van der Waals surface area contributed by atoms with E-state index in [0.29, 0.717) is 17.4 Å². The van der Waals surface area contributed by atoms with Gasteiger partial charge in [-0.05, 0) is 119 Å². The van der Waals surface area contributed by atoms with E-state index in [9.17, 15) is 0 Å². The molecule has 0 aliphatic carbocycles. The summed E-state index contributed by atoms with van der Waals surface area (Å²) in [6.45, 7) is 25.1. The molecule has 0 fully saturated rings. The van der Waals surface area contributed by atoms with Gasteiger partial charge in [0.2, 0.25) is 0 Å². The summed E-state index contributed by atoms with van der Waals surface area (Å²) in [5, 5.41) is 7.21. The third kappa shape index (κ3) is 8.89. The van der Waals surface area contributed by atoms with E-state index in [2.05, 4.69) is 154 Å². The molecule has 0 bridgehead atoms. The number of rotatable bonds is 10. The Morgan fingerprint density at radius 2 is 1.43 bits per heavy atom. The summed E-state index contributed by atoms with van der Waals surface area (Å²) in [4.78, 5) is 4.81. The molecule has 3 heterocycles. The van der Waals surface area contributed by atoms with Crippen molar-refractivity contribution in [3.8, 4) is 34.1 Å². The van der Waals surface area contributed by atoms with Crippen molar-refractivity contribution in [3.05, 3.63) is 131 Å². The van der Waals surface area contributed by atoms with Crippen molar-refractivity contribution >= 4 is 21.8 Å². The molecule has 0 saturated carbocycles. The molecule has 292 valence electrons. The number of pyridine rings is 1. The molecule has 0 spiro atoms. The van der Waals surface area contributed by atoms with Gasteiger partial charge in [-0.2, -0.15) is 16.7 Å². The number of fused-ring (bicyclic) bond motifs is 3. The number of para-hydroxylation sites is 1. The van der Waals surface area contributed by atoms with E-state index < -0.39 is 0 Å². The largest absolute Gasteiger partial charge is 2.00 e. The SMILES string of the molecule is Cc1cc(Oc2[c-]c3c(cc2)c2ccccc2n3-c2cc(C(C)C)ccn2)[c-]c(-n2cc(-c3c(CCC(C)(C)C)c(C)cc(C)c3CCC(C)(C)C)cn2)c1.[Pt+2]. The van der Waals surface area contributed by atoms with Gasteiger partial charge in [-0.1, -0.05) is 92.1 Å². The molecular weight excluding hydrogens is 868 g/mol. The van der Waals surface area contributed by atoms with Crippen molar-refractivity contribution < 1.29 is 25.8 Å². The van der Waals surface area contributed by atoms with E-state index in [1.165, 1.54) is 33.4 Å². The van der Waals surface area contributed by atoms with Crippen LogP contribution >= 0.6 is 0 Å². The van der Waals surface area contributed by atoms with Crippen LogP contribution in [-0.4, -0.2) is 19.3 Å². The predicted molar refractivity (Wildman–Crippen MR) is 229 cm³/mol. The Morgan fingerprint density at radius 1 is 0.750 bits per heavy atom.